The van der Waals surface area contributed by atoms with Crippen molar-refractivity contribution in [3.8, 4) is 0 Å². The molecule has 0 saturated carbocycles. The molecule has 96 valence electrons. The summed E-state index contributed by atoms with van der Waals surface area (Å²) < 4.78 is 1.70. The van der Waals surface area contributed by atoms with Gasteiger partial charge in [0.25, 0.3) is 5.91 Å². The molecule has 1 atom stereocenters. The van der Waals surface area contributed by atoms with Crippen molar-refractivity contribution in [3.63, 3.8) is 0 Å². The van der Waals surface area contributed by atoms with Gasteiger partial charge < -0.3 is 9.72 Å². The van der Waals surface area contributed by atoms with Crippen LogP contribution in [0.5, 0.6) is 0 Å². The summed E-state index contributed by atoms with van der Waals surface area (Å²) in [7, 11) is 0. The van der Waals surface area contributed by atoms with Crippen LogP contribution in [0.3, 0.4) is 0 Å². The number of carbonyl (C=O) groups is 3. The van der Waals surface area contributed by atoms with Gasteiger partial charge in [-0.3, -0.25) is 19.7 Å². The fraction of sp³-hybridized carbons (Fsp3) is 0.167. The van der Waals surface area contributed by atoms with Crippen molar-refractivity contribution in [3.05, 3.63) is 36.3 Å². The Hall–Kier alpha value is -2.70. The van der Waals surface area contributed by atoms with Gasteiger partial charge in [-0.05, 0) is 12.1 Å². The first kappa shape index (κ1) is 11.4. The van der Waals surface area contributed by atoms with Gasteiger partial charge in [0.15, 0.2) is 0 Å². The van der Waals surface area contributed by atoms with Gasteiger partial charge in [0.1, 0.15) is 11.7 Å². The lowest BCUT2D eigenvalue weighted by atomic mass is 10.2. The van der Waals surface area contributed by atoms with Crippen molar-refractivity contribution in [1.29, 1.82) is 0 Å². The number of imide groups is 1. The summed E-state index contributed by atoms with van der Waals surface area (Å²) in [5.41, 5.74) is 0.865. The predicted octanol–water partition coefficient (Wildman–Crippen LogP) is -0.521. The molecule has 3 heterocycles. The Labute approximate surface area is 107 Å². The van der Waals surface area contributed by atoms with E-state index in [1.54, 1.807) is 35.1 Å². The van der Waals surface area contributed by atoms with Gasteiger partial charge in [-0.2, -0.15) is 0 Å². The molecule has 0 aliphatic carbocycles. The molecule has 1 aliphatic rings. The first-order chi connectivity index (χ1) is 9.15. The maximum atomic E-state index is 12.1. The van der Waals surface area contributed by atoms with Crippen molar-refractivity contribution in [2.24, 2.45) is 0 Å². The molecule has 1 aliphatic heterocycles. The third-order valence-electron chi connectivity index (χ3n) is 2.94. The second kappa shape index (κ2) is 4.20. The summed E-state index contributed by atoms with van der Waals surface area (Å²) in [6, 6.07) is 2.52. The average Bonchev–Trinajstić information content (AvgIpc) is 2.95. The van der Waals surface area contributed by atoms with Crippen LogP contribution in [0.1, 0.15) is 16.8 Å². The van der Waals surface area contributed by atoms with E-state index >= 15 is 0 Å². The minimum Gasteiger partial charge on any atom is -0.340 e. The van der Waals surface area contributed by atoms with Crippen LogP contribution in [0.2, 0.25) is 0 Å². The number of nitrogens with zero attached hydrogens (tertiary/aromatic N) is 2. The standard InChI is InChI=1S/C12H10N4O3/c17-9-6-8(12(19)15-9)14-11(18)7-2-1-4-16-5-3-13-10(7)16/h1-5,8H,6H2,(H,14,18)(H,15,17,19). The van der Waals surface area contributed by atoms with E-state index in [9.17, 15) is 14.4 Å². The molecule has 0 bridgehead atoms. The Morgan fingerprint density at radius 3 is 3.00 bits per heavy atom. The molecule has 19 heavy (non-hydrogen) atoms. The summed E-state index contributed by atoms with van der Waals surface area (Å²) in [5.74, 6) is -1.28. The number of nitrogens with one attached hydrogen (secondary N) is 2. The van der Waals surface area contributed by atoms with Gasteiger partial charge >= 0.3 is 0 Å². The van der Waals surface area contributed by atoms with E-state index in [1.807, 2.05) is 0 Å². The van der Waals surface area contributed by atoms with Crippen LogP contribution in [0, 0.1) is 0 Å². The molecule has 1 unspecified atom stereocenters. The topological polar surface area (TPSA) is 92.6 Å². The van der Waals surface area contributed by atoms with Crippen LogP contribution >= 0.6 is 0 Å². The summed E-state index contributed by atoms with van der Waals surface area (Å²) in [5, 5.41) is 4.67. The van der Waals surface area contributed by atoms with Crippen LogP contribution in [0.15, 0.2) is 30.7 Å². The van der Waals surface area contributed by atoms with Crippen LogP contribution < -0.4 is 10.6 Å². The second-order valence-corrected chi connectivity index (χ2v) is 4.22. The lowest BCUT2D eigenvalue weighted by molar-refractivity contribution is -0.125. The quantitative estimate of drug-likeness (QED) is 0.709. The second-order valence-electron chi connectivity index (χ2n) is 4.22. The van der Waals surface area contributed by atoms with Crippen LogP contribution in [0.4, 0.5) is 0 Å². The van der Waals surface area contributed by atoms with Crippen molar-refractivity contribution >= 4 is 23.4 Å². The maximum Gasteiger partial charge on any atom is 0.255 e. The van der Waals surface area contributed by atoms with Gasteiger partial charge in [-0.15, -0.1) is 0 Å². The van der Waals surface area contributed by atoms with E-state index in [2.05, 4.69) is 15.6 Å². The number of hydrogen-bond donors (Lipinski definition) is 2. The Balaban J connectivity index is 1.86. The largest absolute Gasteiger partial charge is 0.340 e. The van der Waals surface area contributed by atoms with Gasteiger partial charge in [0.05, 0.1) is 12.0 Å². The third-order valence-corrected chi connectivity index (χ3v) is 2.94. The zero-order valence-electron chi connectivity index (χ0n) is 9.79. The highest BCUT2D eigenvalue weighted by Gasteiger charge is 2.32. The fourth-order valence-corrected chi connectivity index (χ4v) is 2.03. The molecule has 7 nitrogen and oxygen atoms in total. The third kappa shape index (κ3) is 1.95. The summed E-state index contributed by atoms with van der Waals surface area (Å²) in [6.45, 7) is 0. The molecular weight excluding hydrogens is 248 g/mol. The normalized spacial score (nSPS) is 18.6. The summed E-state index contributed by atoms with van der Waals surface area (Å²) >= 11 is 0. The highest BCUT2D eigenvalue weighted by atomic mass is 16.2. The number of fused-ring (bicyclic) bond motifs is 1. The van der Waals surface area contributed by atoms with E-state index < -0.39 is 17.9 Å². The van der Waals surface area contributed by atoms with E-state index in [4.69, 9.17) is 0 Å². The Morgan fingerprint density at radius 1 is 1.42 bits per heavy atom. The number of pyridine rings is 1. The first-order valence-electron chi connectivity index (χ1n) is 5.71. The van der Waals surface area contributed by atoms with Crippen molar-refractivity contribution in [1.82, 2.24) is 20.0 Å². The average molecular weight is 258 g/mol. The van der Waals surface area contributed by atoms with Gasteiger partial charge in [-0.1, -0.05) is 0 Å². The van der Waals surface area contributed by atoms with Crippen molar-refractivity contribution in [2.45, 2.75) is 12.5 Å². The minimum absolute atomic E-state index is 0.0257. The maximum absolute atomic E-state index is 12.1. The number of aromatic nitrogens is 2. The number of rotatable bonds is 2. The molecule has 1 saturated heterocycles. The van der Waals surface area contributed by atoms with E-state index in [1.165, 1.54) is 0 Å². The molecule has 0 spiro atoms. The molecule has 3 amide bonds. The molecular formula is C12H10N4O3. The highest BCUT2D eigenvalue weighted by molar-refractivity contribution is 6.09. The smallest absolute Gasteiger partial charge is 0.255 e. The molecule has 3 rings (SSSR count). The molecule has 2 aromatic heterocycles. The van der Waals surface area contributed by atoms with Crippen molar-refractivity contribution in [2.75, 3.05) is 0 Å². The Bertz CT molecular complexity index is 691. The molecule has 2 N–H and O–H groups in total. The van der Waals surface area contributed by atoms with Crippen LogP contribution in [-0.4, -0.2) is 33.1 Å². The van der Waals surface area contributed by atoms with Gasteiger partial charge in [0.2, 0.25) is 11.8 Å². The van der Waals surface area contributed by atoms with E-state index in [0.717, 1.165) is 0 Å². The molecule has 0 radical (unpaired) electrons. The lowest BCUT2D eigenvalue weighted by Gasteiger charge is -2.09. The fourth-order valence-electron chi connectivity index (χ4n) is 2.03. The zero-order valence-corrected chi connectivity index (χ0v) is 9.79. The monoisotopic (exact) mass is 258 g/mol. The predicted molar refractivity (Wildman–Crippen MR) is 64.2 cm³/mol. The lowest BCUT2D eigenvalue weighted by Crippen LogP contribution is -2.40. The minimum atomic E-state index is -0.810. The van der Waals surface area contributed by atoms with Crippen molar-refractivity contribution < 1.29 is 14.4 Å². The van der Waals surface area contributed by atoms with Gasteiger partial charge in [0, 0.05) is 18.6 Å². The van der Waals surface area contributed by atoms with Crippen LogP contribution in [-0.2, 0) is 9.59 Å². The molecule has 1 fully saturated rings. The number of carbonyl (C=O) groups excluding carboxylic acids is 3. The molecule has 0 aromatic carbocycles. The Kier molecular flexibility index (Phi) is 2.52. The zero-order chi connectivity index (χ0) is 13.4. The first-order valence-corrected chi connectivity index (χ1v) is 5.71. The Morgan fingerprint density at radius 2 is 2.26 bits per heavy atom. The number of imidazole rings is 1. The highest BCUT2D eigenvalue weighted by Crippen LogP contribution is 2.10. The summed E-state index contributed by atoms with van der Waals surface area (Å²) in [4.78, 5) is 38.6. The van der Waals surface area contributed by atoms with E-state index in [-0.39, 0.29) is 12.3 Å². The molecule has 7 heteroatoms. The van der Waals surface area contributed by atoms with Gasteiger partial charge in [-0.25, -0.2) is 4.98 Å². The van der Waals surface area contributed by atoms with Crippen LogP contribution in [0.25, 0.3) is 5.65 Å². The SMILES string of the molecule is O=C1CC(NC(=O)c2cccn3ccnc23)C(=O)N1. The van der Waals surface area contributed by atoms with E-state index in [0.29, 0.717) is 11.2 Å². The molecule has 2 aromatic rings. The summed E-state index contributed by atoms with van der Waals surface area (Å²) in [6.07, 6.45) is 5.04. The number of amides is 3. The number of hydrogen-bond acceptors (Lipinski definition) is 4.